The molecule has 2 amide bonds. The molecule has 3 N–H and O–H groups in total. The van der Waals surface area contributed by atoms with Gasteiger partial charge in [-0.15, -0.1) is 0 Å². The number of hydrogen-bond donors (Lipinski definition) is 3. The number of hydrogen-bond acceptors (Lipinski definition) is 5. The van der Waals surface area contributed by atoms with Gasteiger partial charge in [0.05, 0.1) is 22.0 Å². The minimum absolute atomic E-state index is 0.0356. The van der Waals surface area contributed by atoms with Gasteiger partial charge >= 0.3 is 6.09 Å². The van der Waals surface area contributed by atoms with Crippen LogP contribution in [0.3, 0.4) is 0 Å². The Hall–Kier alpha value is -2.22. The number of halogens is 2. The van der Waals surface area contributed by atoms with E-state index in [1.54, 1.807) is 20.8 Å². The topological polar surface area (TPSA) is 82.7 Å². The Labute approximate surface area is 168 Å². The molecule has 154 valence electrons. The summed E-state index contributed by atoms with van der Waals surface area (Å²) >= 11 is 6.53. The van der Waals surface area contributed by atoms with Crippen LogP contribution in [-0.2, 0) is 4.74 Å². The van der Waals surface area contributed by atoms with Gasteiger partial charge in [-0.25, -0.2) is 14.6 Å². The number of rotatable bonds is 4. The molecule has 0 unspecified atom stereocenters. The van der Waals surface area contributed by atoms with Gasteiger partial charge in [0.2, 0.25) is 0 Å². The molecule has 0 radical (unpaired) electrons. The Morgan fingerprint density at radius 2 is 1.86 bits per heavy atom. The number of nitrogens with zero attached hydrogens (tertiary/aromatic N) is 1. The summed E-state index contributed by atoms with van der Waals surface area (Å²) in [5, 5.41) is 3.41. The average molecular weight is 413 g/mol. The molecule has 2 aliphatic rings. The van der Waals surface area contributed by atoms with Crippen LogP contribution in [0, 0.1) is 5.82 Å². The molecule has 7 nitrogen and oxygen atoms in total. The van der Waals surface area contributed by atoms with Crippen molar-refractivity contribution < 1.29 is 18.7 Å². The Kier molecular flexibility index (Phi) is 5.88. The van der Waals surface area contributed by atoms with Gasteiger partial charge in [0.15, 0.2) is 0 Å². The van der Waals surface area contributed by atoms with E-state index in [9.17, 15) is 14.0 Å². The largest absolute Gasteiger partial charge is 0.443 e. The van der Waals surface area contributed by atoms with E-state index in [4.69, 9.17) is 16.3 Å². The highest BCUT2D eigenvalue weighted by molar-refractivity contribution is 6.37. The third-order valence-corrected chi connectivity index (χ3v) is 4.83. The molecule has 1 saturated carbocycles. The van der Waals surface area contributed by atoms with Crippen molar-refractivity contribution in [2.45, 2.75) is 58.1 Å². The summed E-state index contributed by atoms with van der Waals surface area (Å²) in [6, 6.07) is 1.37. The number of nitrogens with one attached hydrogen (secondary N) is 3. The number of ether oxygens (including phenoxy) is 1. The van der Waals surface area contributed by atoms with Crippen molar-refractivity contribution in [3.63, 3.8) is 0 Å². The fourth-order valence-corrected chi connectivity index (χ4v) is 3.44. The van der Waals surface area contributed by atoms with Gasteiger partial charge in [0.25, 0.3) is 5.91 Å². The summed E-state index contributed by atoms with van der Waals surface area (Å²) in [6.45, 7) is 6.57. The van der Waals surface area contributed by atoms with Crippen LogP contribution in [0.2, 0.25) is 5.02 Å². The Morgan fingerprint density at radius 1 is 1.21 bits per heavy atom. The summed E-state index contributed by atoms with van der Waals surface area (Å²) in [5.74, 6) is -1.24. The van der Waals surface area contributed by atoms with E-state index in [1.807, 2.05) is 4.90 Å². The molecule has 3 rings (SSSR count). The van der Waals surface area contributed by atoms with Gasteiger partial charge in [-0.05, 0) is 52.5 Å². The quantitative estimate of drug-likeness (QED) is 0.655. The van der Waals surface area contributed by atoms with Gasteiger partial charge in [-0.3, -0.25) is 10.2 Å². The first-order chi connectivity index (χ1) is 13.2. The lowest BCUT2D eigenvalue weighted by molar-refractivity contribution is 0.0483. The predicted molar refractivity (Wildman–Crippen MR) is 106 cm³/mol. The van der Waals surface area contributed by atoms with Gasteiger partial charge in [0, 0.05) is 19.1 Å². The van der Waals surface area contributed by atoms with Crippen molar-refractivity contribution in [1.29, 1.82) is 0 Å². The summed E-state index contributed by atoms with van der Waals surface area (Å²) in [7, 11) is 0. The minimum Gasteiger partial charge on any atom is -0.443 e. The van der Waals surface area contributed by atoms with E-state index < -0.39 is 23.4 Å². The number of amides is 2. The SMILES string of the molecule is CC(C)(C)OC(=O)NNC(=O)c1cc(F)c(N2CCCC2)c(Cl)c1NC1CC1. The molecule has 1 aromatic rings. The fourth-order valence-electron chi connectivity index (χ4n) is 3.07. The van der Waals surface area contributed by atoms with Crippen LogP contribution >= 0.6 is 11.6 Å². The summed E-state index contributed by atoms with van der Waals surface area (Å²) < 4.78 is 19.9. The highest BCUT2D eigenvalue weighted by Gasteiger charge is 2.30. The fraction of sp³-hybridized carbons (Fsp3) is 0.579. The first-order valence-corrected chi connectivity index (χ1v) is 9.86. The van der Waals surface area contributed by atoms with Crippen molar-refractivity contribution in [2.24, 2.45) is 0 Å². The third kappa shape index (κ3) is 4.98. The van der Waals surface area contributed by atoms with E-state index in [1.165, 1.54) is 0 Å². The molecule has 0 aromatic heterocycles. The van der Waals surface area contributed by atoms with Crippen LogP contribution in [0.25, 0.3) is 0 Å². The van der Waals surface area contributed by atoms with E-state index in [-0.39, 0.29) is 16.6 Å². The number of hydrazine groups is 1. The maximum Gasteiger partial charge on any atom is 0.426 e. The minimum atomic E-state index is -0.808. The molecule has 0 atom stereocenters. The molecule has 1 aliphatic heterocycles. The Bertz CT molecular complexity index is 771. The Morgan fingerprint density at radius 3 is 2.43 bits per heavy atom. The molecule has 1 aromatic carbocycles. The molecule has 1 saturated heterocycles. The summed E-state index contributed by atoms with van der Waals surface area (Å²) in [4.78, 5) is 26.3. The van der Waals surface area contributed by atoms with Gasteiger partial charge in [0.1, 0.15) is 11.4 Å². The highest BCUT2D eigenvalue weighted by atomic mass is 35.5. The molecule has 1 aliphatic carbocycles. The smallest absolute Gasteiger partial charge is 0.426 e. The monoisotopic (exact) mass is 412 g/mol. The van der Waals surface area contributed by atoms with Crippen LogP contribution in [0.1, 0.15) is 56.8 Å². The van der Waals surface area contributed by atoms with Crippen LogP contribution in [-0.4, -0.2) is 36.7 Å². The number of carbonyl (C=O) groups excluding carboxylic acids is 2. The lowest BCUT2D eigenvalue weighted by atomic mass is 10.1. The molecule has 2 fully saturated rings. The third-order valence-electron chi connectivity index (χ3n) is 4.46. The van der Waals surface area contributed by atoms with Crippen molar-refractivity contribution in [2.75, 3.05) is 23.3 Å². The summed E-state index contributed by atoms with van der Waals surface area (Å²) in [5.41, 5.74) is 4.47. The van der Waals surface area contributed by atoms with E-state index in [0.717, 1.165) is 44.8 Å². The zero-order valence-electron chi connectivity index (χ0n) is 16.3. The van der Waals surface area contributed by atoms with Crippen molar-refractivity contribution >= 4 is 35.0 Å². The summed E-state index contributed by atoms with van der Waals surface area (Å²) in [6.07, 6.45) is 3.07. The molecule has 0 spiro atoms. The van der Waals surface area contributed by atoms with Crippen LogP contribution in [0.4, 0.5) is 20.6 Å². The second-order valence-electron chi connectivity index (χ2n) is 8.14. The van der Waals surface area contributed by atoms with Gasteiger partial charge in [-0.1, -0.05) is 11.6 Å². The lowest BCUT2D eigenvalue weighted by Crippen LogP contribution is -2.44. The van der Waals surface area contributed by atoms with E-state index >= 15 is 0 Å². The second-order valence-corrected chi connectivity index (χ2v) is 8.52. The van der Waals surface area contributed by atoms with Crippen molar-refractivity contribution in [1.82, 2.24) is 10.9 Å². The lowest BCUT2D eigenvalue weighted by Gasteiger charge is -2.24. The number of carbonyl (C=O) groups is 2. The second kappa shape index (κ2) is 8.03. The van der Waals surface area contributed by atoms with Crippen LogP contribution < -0.4 is 21.1 Å². The van der Waals surface area contributed by atoms with Crippen LogP contribution in [0.5, 0.6) is 0 Å². The number of benzene rings is 1. The van der Waals surface area contributed by atoms with Crippen molar-refractivity contribution in [3.05, 3.63) is 22.5 Å². The predicted octanol–water partition coefficient (Wildman–Crippen LogP) is 3.82. The van der Waals surface area contributed by atoms with Gasteiger partial charge < -0.3 is 15.0 Å². The molecule has 28 heavy (non-hydrogen) atoms. The van der Waals surface area contributed by atoms with E-state index in [0.29, 0.717) is 11.4 Å². The van der Waals surface area contributed by atoms with Gasteiger partial charge in [-0.2, -0.15) is 0 Å². The van der Waals surface area contributed by atoms with Crippen LogP contribution in [0.15, 0.2) is 6.07 Å². The highest BCUT2D eigenvalue weighted by Crippen LogP contribution is 2.41. The first-order valence-electron chi connectivity index (χ1n) is 9.48. The Balaban J connectivity index is 1.82. The maximum atomic E-state index is 14.8. The van der Waals surface area contributed by atoms with E-state index in [2.05, 4.69) is 16.2 Å². The molecule has 0 bridgehead atoms. The molecular weight excluding hydrogens is 387 g/mol. The zero-order valence-corrected chi connectivity index (χ0v) is 17.1. The maximum absolute atomic E-state index is 14.8. The first kappa shape index (κ1) is 20.5. The number of anilines is 2. The molecule has 1 heterocycles. The zero-order chi connectivity index (χ0) is 20.5. The average Bonchev–Trinajstić information content (AvgIpc) is 3.25. The normalized spacial score (nSPS) is 16.7. The molecular formula is C19H26ClFN4O3. The molecule has 9 heteroatoms. The standard InChI is InChI=1S/C19H26ClFN4O3/c1-19(2,3)28-18(27)24-23-17(26)12-10-13(21)16(25-8-4-5-9-25)14(20)15(12)22-11-6-7-11/h10-11,22H,4-9H2,1-3H3,(H,23,26)(H,24,27). The van der Waals surface area contributed by atoms with Crippen molar-refractivity contribution in [3.8, 4) is 0 Å².